The number of hydrogen-bond acceptors (Lipinski definition) is 3. The van der Waals surface area contributed by atoms with Crippen LogP contribution in [0.5, 0.6) is 0 Å². The van der Waals surface area contributed by atoms with Crippen LogP contribution in [0.15, 0.2) is 0 Å². The second-order valence-electron chi connectivity index (χ2n) is 5.99. The van der Waals surface area contributed by atoms with Crippen LogP contribution in [-0.4, -0.2) is 37.4 Å². The number of hydrogen-bond donors (Lipinski definition) is 2. The molecule has 6 heteroatoms. The average molecular weight is 263 g/mol. The van der Waals surface area contributed by atoms with E-state index in [9.17, 15) is 8.42 Å². The lowest BCUT2D eigenvalue weighted by atomic mass is 9.94. The smallest absolute Gasteiger partial charge is 0.280 e. The molecule has 2 atom stereocenters. The zero-order valence-electron chi connectivity index (χ0n) is 11.2. The summed E-state index contributed by atoms with van der Waals surface area (Å²) in [6.45, 7) is 8.62. The summed E-state index contributed by atoms with van der Waals surface area (Å²) in [4.78, 5) is 0. The predicted octanol–water partition coefficient (Wildman–Crippen LogP) is 0.679. The highest BCUT2D eigenvalue weighted by Crippen LogP contribution is 2.24. The normalized spacial score (nSPS) is 28.3. The van der Waals surface area contributed by atoms with Gasteiger partial charge >= 0.3 is 0 Å². The molecule has 0 aromatic carbocycles. The lowest BCUT2D eigenvalue weighted by Crippen LogP contribution is -2.56. The Labute approximate surface area is 105 Å². The molecular formula is C11H25N3O2S. The van der Waals surface area contributed by atoms with E-state index in [-0.39, 0.29) is 6.04 Å². The molecule has 3 N–H and O–H groups in total. The molecule has 1 aliphatic heterocycles. The van der Waals surface area contributed by atoms with E-state index in [0.29, 0.717) is 19.0 Å². The second kappa shape index (κ2) is 5.22. The molecule has 17 heavy (non-hydrogen) atoms. The Morgan fingerprint density at radius 1 is 1.41 bits per heavy atom. The van der Waals surface area contributed by atoms with Gasteiger partial charge in [-0.25, -0.2) is 0 Å². The third-order valence-corrected chi connectivity index (χ3v) is 4.91. The fourth-order valence-corrected chi connectivity index (χ4v) is 4.01. The van der Waals surface area contributed by atoms with E-state index >= 15 is 0 Å². The van der Waals surface area contributed by atoms with Crippen molar-refractivity contribution in [2.45, 2.75) is 52.1 Å². The largest absolute Gasteiger partial charge is 0.329 e. The van der Waals surface area contributed by atoms with E-state index in [1.807, 2.05) is 20.8 Å². The summed E-state index contributed by atoms with van der Waals surface area (Å²) in [5.41, 5.74) is 5.23. The quantitative estimate of drug-likeness (QED) is 0.786. The van der Waals surface area contributed by atoms with E-state index in [1.165, 1.54) is 4.31 Å². The molecule has 0 amide bonds. The number of nitrogens with two attached hydrogens (primary N) is 1. The van der Waals surface area contributed by atoms with Crippen molar-refractivity contribution in [3.05, 3.63) is 0 Å². The van der Waals surface area contributed by atoms with Gasteiger partial charge in [-0.2, -0.15) is 17.4 Å². The molecule has 0 aromatic rings. The van der Waals surface area contributed by atoms with Crippen molar-refractivity contribution in [3.63, 3.8) is 0 Å². The average Bonchev–Trinajstić information content (AvgIpc) is 2.13. The first-order valence-electron chi connectivity index (χ1n) is 6.16. The van der Waals surface area contributed by atoms with Crippen molar-refractivity contribution in [2.24, 2.45) is 11.7 Å². The Morgan fingerprint density at radius 2 is 2.00 bits per heavy atom. The molecule has 0 aliphatic carbocycles. The highest BCUT2D eigenvalue weighted by molar-refractivity contribution is 7.87. The Balaban J connectivity index is 2.83. The van der Waals surface area contributed by atoms with Gasteiger partial charge in [0.15, 0.2) is 0 Å². The van der Waals surface area contributed by atoms with E-state index < -0.39 is 15.7 Å². The van der Waals surface area contributed by atoms with Gasteiger partial charge in [0.2, 0.25) is 0 Å². The van der Waals surface area contributed by atoms with Crippen LogP contribution in [-0.2, 0) is 10.2 Å². The van der Waals surface area contributed by atoms with Crippen LogP contribution in [0.3, 0.4) is 0 Å². The van der Waals surface area contributed by atoms with Gasteiger partial charge < -0.3 is 5.73 Å². The van der Waals surface area contributed by atoms with Crippen LogP contribution in [0.2, 0.25) is 0 Å². The van der Waals surface area contributed by atoms with E-state index in [1.54, 1.807) is 0 Å². The Hall–Kier alpha value is -0.170. The molecule has 0 aromatic heterocycles. The van der Waals surface area contributed by atoms with Crippen LogP contribution in [0.1, 0.15) is 40.5 Å². The van der Waals surface area contributed by atoms with Crippen LogP contribution in [0.25, 0.3) is 0 Å². The minimum atomic E-state index is -3.42. The van der Waals surface area contributed by atoms with Crippen molar-refractivity contribution in [1.29, 1.82) is 0 Å². The molecule has 1 heterocycles. The molecule has 1 aliphatic rings. The SMILES string of the molecule is CC1CCN(S(=O)(=O)NC(C)(C)C)C(CN)C1. The monoisotopic (exact) mass is 263 g/mol. The molecule has 1 fully saturated rings. The Morgan fingerprint density at radius 3 is 2.47 bits per heavy atom. The molecule has 1 rings (SSSR count). The lowest BCUT2D eigenvalue weighted by molar-refractivity contribution is 0.206. The van der Waals surface area contributed by atoms with Gasteiger partial charge in [-0.3, -0.25) is 0 Å². The van der Waals surface area contributed by atoms with Crippen LogP contribution in [0.4, 0.5) is 0 Å². The molecule has 0 radical (unpaired) electrons. The zero-order chi connectivity index (χ0) is 13.3. The molecule has 0 spiro atoms. The zero-order valence-corrected chi connectivity index (χ0v) is 12.0. The van der Waals surface area contributed by atoms with Gasteiger partial charge in [-0.15, -0.1) is 0 Å². The van der Waals surface area contributed by atoms with Crippen LogP contribution >= 0.6 is 0 Å². The molecule has 102 valence electrons. The fraction of sp³-hybridized carbons (Fsp3) is 1.00. The summed E-state index contributed by atoms with van der Waals surface area (Å²) < 4.78 is 28.7. The van der Waals surface area contributed by atoms with Crippen LogP contribution < -0.4 is 10.5 Å². The standard InChI is InChI=1S/C11H25N3O2S/c1-9-5-6-14(10(7-9)8-12)17(15,16)13-11(2,3)4/h9-10,13H,5-8,12H2,1-4H3. The van der Waals surface area contributed by atoms with Gasteiger partial charge in [0, 0.05) is 24.7 Å². The summed E-state index contributed by atoms with van der Waals surface area (Å²) in [6.07, 6.45) is 1.75. The van der Waals surface area contributed by atoms with Gasteiger partial charge in [-0.1, -0.05) is 6.92 Å². The lowest BCUT2D eigenvalue weighted by Gasteiger charge is -2.38. The molecule has 0 bridgehead atoms. The number of nitrogens with one attached hydrogen (secondary N) is 1. The van der Waals surface area contributed by atoms with Gasteiger partial charge in [0.1, 0.15) is 0 Å². The minimum Gasteiger partial charge on any atom is -0.329 e. The maximum atomic E-state index is 12.2. The van der Waals surface area contributed by atoms with Gasteiger partial charge in [0.25, 0.3) is 10.2 Å². The van der Waals surface area contributed by atoms with E-state index in [2.05, 4.69) is 11.6 Å². The fourth-order valence-electron chi connectivity index (χ4n) is 2.21. The molecule has 1 saturated heterocycles. The maximum Gasteiger partial charge on any atom is 0.280 e. The van der Waals surface area contributed by atoms with Crippen molar-refractivity contribution in [1.82, 2.24) is 9.03 Å². The number of piperidine rings is 1. The van der Waals surface area contributed by atoms with E-state index in [0.717, 1.165) is 12.8 Å². The third kappa shape index (κ3) is 4.21. The topological polar surface area (TPSA) is 75.4 Å². The molecule has 0 saturated carbocycles. The van der Waals surface area contributed by atoms with E-state index in [4.69, 9.17) is 5.73 Å². The highest BCUT2D eigenvalue weighted by Gasteiger charge is 2.35. The minimum absolute atomic E-state index is 0.0707. The summed E-state index contributed by atoms with van der Waals surface area (Å²) in [5, 5.41) is 0. The molecule has 5 nitrogen and oxygen atoms in total. The van der Waals surface area contributed by atoms with Gasteiger partial charge in [-0.05, 0) is 39.5 Å². The highest BCUT2D eigenvalue weighted by atomic mass is 32.2. The first-order valence-corrected chi connectivity index (χ1v) is 7.60. The van der Waals surface area contributed by atoms with Crippen molar-refractivity contribution in [3.8, 4) is 0 Å². The maximum absolute atomic E-state index is 12.2. The summed E-state index contributed by atoms with van der Waals surface area (Å²) >= 11 is 0. The van der Waals surface area contributed by atoms with Crippen LogP contribution in [0, 0.1) is 5.92 Å². The summed E-state index contributed by atoms with van der Waals surface area (Å²) in [7, 11) is -3.42. The van der Waals surface area contributed by atoms with Crippen molar-refractivity contribution in [2.75, 3.05) is 13.1 Å². The number of nitrogens with zero attached hydrogens (tertiary/aromatic N) is 1. The first kappa shape index (κ1) is 14.9. The third-order valence-electron chi connectivity index (χ3n) is 2.94. The van der Waals surface area contributed by atoms with Crippen molar-refractivity contribution >= 4 is 10.2 Å². The summed E-state index contributed by atoms with van der Waals surface area (Å²) in [6, 6.07) is -0.0707. The number of rotatable bonds is 3. The first-order chi connectivity index (χ1) is 7.65. The Bertz CT molecular complexity index is 348. The summed E-state index contributed by atoms with van der Waals surface area (Å²) in [5.74, 6) is 0.546. The second-order valence-corrected chi connectivity index (χ2v) is 7.61. The predicted molar refractivity (Wildman–Crippen MR) is 69.8 cm³/mol. The van der Waals surface area contributed by atoms with Crippen molar-refractivity contribution < 1.29 is 8.42 Å². The van der Waals surface area contributed by atoms with Gasteiger partial charge in [0.05, 0.1) is 0 Å². The Kier molecular flexibility index (Phi) is 4.57. The molecule has 2 unspecified atom stereocenters. The molecular weight excluding hydrogens is 238 g/mol.